The van der Waals surface area contributed by atoms with Crippen LogP contribution in [0, 0.1) is 5.92 Å². The van der Waals surface area contributed by atoms with Gasteiger partial charge < -0.3 is 16.0 Å². The maximum atomic E-state index is 12.0. The van der Waals surface area contributed by atoms with E-state index in [9.17, 15) is 14.4 Å². The third-order valence-electron chi connectivity index (χ3n) is 4.06. The van der Waals surface area contributed by atoms with Crippen LogP contribution >= 0.6 is 0 Å². The Morgan fingerprint density at radius 3 is 2.08 bits per heavy atom. The van der Waals surface area contributed by atoms with Crippen molar-refractivity contribution in [2.45, 2.75) is 19.3 Å². The SMILES string of the molecule is O=C(CCNC(=O)c1ccccc1)Nc1ccc(NC(=O)C2CC2)cc1. The molecule has 1 aliphatic carbocycles. The highest BCUT2D eigenvalue weighted by Gasteiger charge is 2.29. The second kappa shape index (κ2) is 8.29. The van der Waals surface area contributed by atoms with E-state index in [1.807, 2.05) is 6.07 Å². The minimum atomic E-state index is -0.200. The van der Waals surface area contributed by atoms with E-state index in [-0.39, 0.29) is 36.6 Å². The Balaban J connectivity index is 1.40. The number of benzene rings is 2. The third-order valence-corrected chi connectivity index (χ3v) is 4.06. The first-order chi connectivity index (χ1) is 12.6. The first-order valence-corrected chi connectivity index (χ1v) is 8.66. The van der Waals surface area contributed by atoms with E-state index in [1.54, 1.807) is 48.5 Å². The van der Waals surface area contributed by atoms with E-state index in [0.717, 1.165) is 18.5 Å². The lowest BCUT2D eigenvalue weighted by Gasteiger charge is -2.08. The van der Waals surface area contributed by atoms with Gasteiger partial charge in [0.2, 0.25) is 11.8 Å². The molecule has 2 aromatic rings. The molecule has 3 amide bonds. The van der Waals surface area contributed by atoms with Gasteiger partial charge in [0.1, 0.15) is 0 Å². The lowest BCUT2D eigenvalue weighted by atomic mass is 10.2. The van der Waals surface area contributed by atoms with Crippen LogP contribution in [0.3, 0.4) is 0 Å². The molecule has 1 saturated carbocycles. The molecule has 6 heteroatoms. The molecule has 26 heavy (non-hydrogen) atoms. The molecule has 134 valence electrons. The fourth-order valence-corrected chi connectivity index (χ4v) is 2.43. The molecule has 0 spiro atoms. The zero-order valence-electron chi connectivity index (χ0n) is 14.3. The van der Waals surface area contributed by atoms with Crippen molar-refractivity contribution in [3.8, 4) is 0 Å². The summed E-state index contributed by atoms with van der Waals surface area (Å²) in [6.07, 6.45) is 2.10. The van der Waals surface area contributed by atoms with Crippen LogP contribution in [0.1, 0.15) is 29.6 Å². The van der Waals surface area contributed by atoms with Crippen LogP contribution in [0.4, 0.5) is 11.4 Å². The number of amides is 3. The number of hydrogen-bond donors (Lipinski definition) is 3. The average Bonchev–Trinajstić information content (AvgIpc) is 3.49. The summed E-state index contributed by atoms with van der Waals surface area (Å²) >= 11 is 0. The number of carbonyl (C=O) groups excluding carboxylic acids is 3. The topological polar surface area (TPSA) is 87.3 Å². The molecule has 0 bridgehead atoms. The smallest absolute Gasteiger partial charge is 0.251 e. The van der Waals surface area contributed by atoms with Crippen molar-refractivity contribution in [1.82, 2.24) is 5.32 Å². The summed E-state index contributed by atoms with van der Waals surface area (Å²) in [6.45, 7) is 0.259. The standard InChI is InChI=1S/C20H21N3O3/c24-18(12-13-21-19(25)14-4-2-1-3-5-14)22-16-8-10-17(11-9-16)23-20(26)15-6-7-15/h1-5,8-11,15H,6-7,12-13H2,(H,21,25)(H,22,24)(H,23,26). The number of hydrogen-bond acceptors (Lipinski definition) is 3. The second-order valence-electron chi connectivity index (χ2n) is 6.26. The Morgan fingerprint density at radius 2 is 1.46 bits per heavy atom. The second-order valence-corrected chi connectivity index (χ2v) is 6.26. The van der Waals surface area contributed by atoms with Gasteiger partial charge in [0, 0.05) is 35.8 Å². The van der Waals surface area contributed by atoms with Crippen molar-refractivity contribution in [3.05, 3.63) is 60.2 Å². The molecule has 0 saturated heterocycles. The van der Waals surface area contributed by atoms with Gasteiger partial charge in [0.15, 0.2) is 0 Å². The Kier molecular flexibility index (Phi) is 5.63. The fraction of sp³-hybridized carbons (Fsp3) is 0.250. The Bertz CT molecular complexity index is 784. The summed E-state index contributed by atoms with van der Waals surface area (Å²) in [5.41, 5.74) is 1.93. The lowest BCUT2D eigenvalue weighted by Crippen LogP contribution is -2.27. The molecule has 2 aromatic carbocycles. The quantitative estimate of drug-likeness (QED) is 0.717. The van der Waals surface area contributed by atoms with Crippen LogP contribution < -0.4 is 16.0 Å². The summed E-state index contributed by atoms with van der Waals surface area (Å²) in [7, 11) is 0. The van der Waals surface area contributed by atoms with E-state index in [0.29, 0.717) is 11.3 Å². The van der Waals surface area contributed by atoms with Crippen LogP contribution in [0.2, 0.25) is 0 Å². The number of rotatable bonds is 7. The van der Waals surface area contributed by atoms with Gasteiger partial charge in [-0.25, -0.2) is 0 Å². The molecule has 0 unspecified atom stereocenters. The van der Waals surface area contributed by atoms with Crippen LogP contribution in [0.15, 0.2) is 54.6 Å². The Morgan fingerprint density at radius 1 is 0.846 bits per heavy atom. The van der Waals surface area contributed by atoms with E-state index < -0.39 is 0 Å². The van der Waals surface area contributed by atoms with Crippen molar-refractivity contribution >= 4 is 29.1 Å². The minimum Gasteiger partial charge on any atom is -0.352 e. The van der Waals surface area contributed by atoms with Crippen LogP contribution in [-0.2, 0) is 9.59 Å². The van der Waals surface area contributed by atoms with Gasteiger partial charge in [-0.3, -0.25) is 14.4 Å². The summed E-state index contributed by atoms with van der Waals surface area (Å²) in [5.74, 6) is -0.182. The van der Waals surface area contributed by atoms with Gasteiger partial charge in [-0.05, 0) is 49.2 Å². The van der Waals surface area contributed by atoms with E-state index in [1.165, 1.54) is 0 Å². The fourth-order valence-electron chi connectivity index (χ4n) is 2.43. The number of anilines is 2. The molecule has 0 heterocycles. The first kappa shape index (κ1) is 17.7. The molecular weight excluding hydrogens is 330 g/mol. The van der Waals surface area contributed by atoms with Crippen molar-refractivity contribution in [2.24, 2.45) is 5.92 Å². The predicted molar refractivity (Wildman–Crippen MR) is 99.8 cm³/mol. The lowest BCUT2D eigenvalue weighted by molar-refractivity contribution is -0.117. The van der Waals surface area contributed by atoms with Crippen LogP contribution in [-0.4, -0.2) is 24.3 Å². The molecule has 0 radical (unpaired) electrons. The summed E-state index contributed by atoms with van der Waals surface area (Å²) < 4.78 is 0. The van der Waals surface area contributed by atoms with Gasteiger partial charge >= 0.3 is 0 Å². The van der Waals surface area contributed by atoms with Gasteiger partial charge in [0.05, 0.1) is 0 Å². The monoisotopic (exact) mass is 351 g/mol. The molecule has 1 fully saturated rings. The van der Waals surface area contributed by atoms with E-state index >= 15 is 0 Å². The largest absolute Gasteiger partial charge is 0.352 e. The molecule has 0 atom stereocenters. The number of carbonyl (C=O) groups is 3. The molecule has 0 aromatic heterocycles. The average molecular weight is 351 g/mol. The highest BCUT2D eigenvalue weighted by molar-refractivity contribution is 5.96. The van der Waals surface area contributed by atoms with Gasteiger partial charge in [-0.2, -0.15) is 0 Å². The summed E-state index contributed by atoms with van der Waals surface area (Å²) in [4.78, 5) is 35.5. The third kappa shape index (κ3) is 5.17. The maximum absolute atomic E-state index is 12.0. The van der Waals surface area contributed by atoms with Crippen molar-refractivity contribution in [1.29, 1.82) is 0 Å². The highest BCUT2D eigenvalue weighted by Crippen LogP contribution is 2.30. The van der Waals surface area contributed by atoms with Gasteiger partial charge in [-0.15, -0.1) is 0 Å². The maximum Gasteiger partial charge on any atom is 0.251 e. The zero-order chi connectivity index (χ0) is 18.4. The van der Waals surface area contributed by atoms with Gasteiger partial charge in [0.25, 0.3) is 5.91 Å². The van der Waals surface area contributed by atoms with Crippen molar-refractivity contribution in [2.75, 3.05) is 17.2 Å². The Hall–Kier alpha value is -3.15. The predicted octanol–water partition coefficient (Wildman–Crippen LogP) is 2.79. The number of nitrogens with one attached hydrogen (secondary N) is 3. The van der Waals surface area contributed by atoms with Gasteiger partial charge in [-0.1, -0.05) is 18.2 Å². The Labute approximate surface area is 152 Å². The molecule has 1 aliphatic rings. The van der Waals surface area contributed by atoms with Crippen LogP contribution in [0.25, 0.3) is 0 Å². The minimum absolute atomic E-state index is 0.0518. The summed E-state index contributed by atoms with van der Waals surface area (Å²) in [5, 5.41) is 8.33. The molecule has 0 aliphatic heterocycles. The first-order valence-electron chi connectivity index (χ1n) is 8.66. The zero-order valence-corrected chi connectivity index (χ0v) is 14.3. The molecule has 3 N–H and O–H groups in total. The molecular formula is C20H21N3O3. The molecule has 3 rings (SSSR count). The van der Waals surface area contributed by atoms with E-state index in [2.05, 4.69) is 16.0 Å². The molecule has 6 nitrogen and oxygen atoms in total. The van der Waals surface area contributed by atoms with Crippen molar-refractivity contribution in [3.63, 3.8) is 0 Å². The van der Waals surface area contributed by atoms with E-state index in [4.69, 9.17) is 0 Å². The highest BCUT2D eigenvalue weighted by atomic mass is 16.2. The van der Waals surface area contributed by atoms with Crippen molar-refractivity contribution < 1.29 is 14.4 Å². The normalized spacial score (nSPS) is 12.9. The summed E-state index contributed by atoms with van der Waals surface area (Å²) in [6, 6.07) is 15.9. The van der Waals surface area contributed by atoms with Crippen LogP contribution in [0.5, 0.6) is 0 Å².